The Bertz CT molecular complexity index is 865. The van der Waals surface area contributed by atoms with Crippen molar-refractivity contribution in [3.05, 3.63) is 54.1 Å². The summed E-state index contributed by atoms with van der Waals surface area (Å²) in [5, 5.41) is 0. The van der Waals surface area contributed by atoms with E-state index in [2.05, 4.69) is 34.0 Å². The quantitative estimate of drug-likeness (QED) is 0.713. The Balaban J connectivity index is 1.31. The number of ether oxygens (including phenoxy) is 2. The van der Waals surface area contributed by atoms with Crippen molar-refractivity contribution in [3.8, 4) is 11.5 Å². The molecule has 2 heterocycles. The highest BCUT2D eigenvalue weighted by Crippen LogP contribution is 2.29. The topological polar surface area (TPSA) is 66.1 Å². The molecule has 2 unspecified atom stereocenters. The number of para-hydroxylation sites is 2. The number of carbonyl (C=O) groups excluding carboxylic acids is 1. The van der Waals surface area contributed by atoms with E-state index in [0.29, 0.717) is 26.3 Å². The number of nitrogens with zero attached hydrogens (tertiary/aromatic N) is 2. The maximum atomic E-state index is 13.1. The summed E-state index contributed by atoms with van der Waals surface area (Å²) < 4.78 is 11.3. The second kappa shape index (κ2) is 10.0. The Morgan fingerprint density at radius 1 is 0.935 bits per heavy atom. The lowest BCUT2D eigenvalue weighted by atomic mass is 10.0. The average Bonchev–Trinajstić information content (AvgIpc) is 3.30. The SMILES string of the molecule is CCOc1ccc(C2CC(C(=O)N3CCN(c4ccccc4OCC)CC3)NN2)cc1. The molecule has 0 saturated carbocycles. The van der Waals surface area contributed by atoms with Gasteiger partial charge >= 0.3 is 0 Å². The number of hydrazine groups is 1. The summed E-state index contributed by atoms with van der Waals surface area (Å²) in [5.74, 6) is 1.94. The maximum Gasteiger partial charge on any atom is 0.241 e. The minimum absolute atomic E-state index is 0.115. The molecule has 2 aliphatic heterocycles. The third-order valence-corrected chi connectivity index (χ3v) is 5.89. The number of hydrogen-bond donors (Lipinski definition) is 2. The van der Waals surface area contributed by atoms with Crippen LogP contribution in [0.15, 0.2) is 48.5 Å². The highest BCUT2D eigenvalue weighted by atomic mass is 16.5. The zero-order valence-corrected chi connectivity index (χ0v) is 18.3. The van der Waals surface area contributed by atoms with Crippen molar-refractivity contribution in [2.75, 3.05) is 44.3 Å². The van der Waals surface area contributed by atoms with Gasteiger partial charge in [-0.1, -0.05) is 24.3 Å². The van der Waals surface area contributed by atoms with Crippen molar-refractivity contribution in [1.29, 1.82) is 0 Å². The Kier molecular flexibility index (Phi) is 6.94. The van der Waals surface area contributed by atoms with E-state index in [9.17, 15) is 4.79 Å². The molecular weight excluding hydrogens is 392 g/mol. The van der Waals surface area contributed by atoms with Crippen LogP contribution in [0.2, 0.25) is 0 Å². The van der Waals surface area contributed by atoms with Gasteiger partial charge in [-0.25, -0.2) is 10.9 Å². The molecule has 0 aromatic heterocycles. The second-order valence-electron chi connectivity index (χ2n) is 7.84. The predicted octanol–water partition coefficient (Wildman–Crippen LogP) is 2.74. The summed E-state index contributed by atoms with van der Waals surface area (Å²) in [6, 6.07) is 16.1. The number of piperazine rings is 1. The Hall–Kier alpha value is -2.77. The van der Waals surface area contributed by atoms with E-state index in [0.717, 1.165) is 42.3 Å². The molecule has 7 heteroatoms. The third-order valence-electron chi connectivity index (χ3n) is 5.89. The largest absolute Gasteiger partial charge is 0.494 e. The van der Waals surface area contributed by atoms with Crippen molar-refractivity contribution in [1.82, 2.24) is 15.8 Å². The van der Waals surface area contributed by atoms with Crippen LogP contribution < -0.4 is 25.2 Å². The molecule has 31 heavy (non-hydrogen) atoms. The normalized spacial score (nSPS) is 21.2. The van der Waals surface area contributed by atoms with Crippen molar-refractivity contribution in [2.24, 2.45) is 0 Å². The van der Waals surface area contributed by atoms with Crippen LogP contribution in [0.3, 0.4) is 0 Å². The van der Waals surface area contributed by atoms with E-state index in [1.807, 2.05) is 49.1 Å². The molecule has 2 saturated heterocycles. The molecular formula is C24H32N4O3. The van der Waals surface area contributed by atoms with Gasteiger partial charge in [0.15, 0.2) is 0 Å². The van der Waals surface area contributed by atoms with Crippen LogP contribution >= 0.6 is 0 Å². The number of hydrogen-bond acceptors (Lipinski definition) is 6. The molecule has 4 rings (SSSR count). The van der Waals surface area contributed by atoms with Crippen LogP contribution in [-0.2, 0) is 4.79 Å². The van der Waals surface area contributed by atoms with E-state index in [4.69, 9.17) is 9.47 Å². The molecule has 2 aromatic carbocycles. The summed E-state index contributed by atoms with van der Waals surface area (Å²) in [6.07, 6.45) is 0.736. The summed E-state index contributed by atoms with van der Waals surface area (Å²) in [4.78, 5) is 17.4. The standard InChI is InChI=1S/C24H32N4O3/c1-3-30-19-11-9-18(10-12-19)20-17-21(26-25-20)24(29)28-15-13-27(14-16-28)22-7-5-6-8-23(22)31-4-2/h5-12,20-21,25-26H,3-4,13-17H2,1-2H3. The molecule has 7 nitrogen and oxygen atoms in total. The van der Waals surface area contributed by atoms with Crippen molar-refractivity contribution in [3.63, 3.8) is 0 Å². The lowest BCUT2D eigenvalue weighted by molar-refractivity contribution is -0.133. The maximum absolute atomic E-state index is 13.1. The van der Waals surface area contributed by atoms with E-state index in [1.165, 1.54) is 0 Å². The molecule has 1 amide bonds. The van der Waals surface area contributed by atoms with Gasteiger partial charge in [-0.05, 0) is 50.1 Å². The summed E-state index contributed by atoms with van der Waals surface area (Å²) in [7, 11) is 0. The summed E-state index contributed by atoms with van der Waals surface area (Å²) in [5.41, 5.74) is 8.75. The molecule has 2 N–H and O–H groups in total. The minimum Gasteiger partial charge on any atom is -0.494 e. The average molecular weight is 425 g/mol. The number of anilines is 1. The van der Waals surface area contributed by atoms with Gasteiger partial charge < -0.3 is 19.3 Å². The van der Waals surface area contributed by atoms with Crippen LogP contribution in [0.1, 0.15) is 31.9 Å². The molecule has 2 aliphatic rings. The van der Waals surface area contributed by atoms with Gasteiger partial charge in [0.2, 0.25) is 5.91 Å². The van der Waals surface area contributed by atoms with Gasteiger partial charge in [0.1, 0.15) is 17.5 Å². The first-order valence-corrected chi connectivity index (χ1v) is 11.2. The van der Waals surface area contributed by atoms with Crippen LogP contribution in [-0.4, -0.2) is 56.2 Å². The first kappa shape index (κ1) is 21.5. The zero-order chi connectivity index (χ0) is 21.6. The van der Waals surface area contributed by atoms with Gasteiger partial charge in [0.05, 0.1) is 18.9 Å². The smallest absolute Gasteiger partial charge is 0.241 e. The Morgan fingerprint density at radius 3 is 2.35 bits per heavy atom. The monoisotopic (exact) mass is 424 g/mol. The van der Waals surface area contributed by atoms with Gasteiger partial charge in [-0.3, -0.25) is 4.79 Å². The molecule has 166 valence electrons. The number of amides is 1. The first-order valence-electron chi connectivity index (χ1n) is 11.2. The fourth-order valence-corrected chi connectivity index (χ4v) is 4.28. The number of benzene rings is 2. The first-order chi connectivity index (χ1) is 15.2. The number of carbonyl (C=O) groups is 1. The van der Waals surface area contributed by atoms with Crippen LogP contribution in [0.4, 0.5) is 5.69 Å². The Labute approximate surface area is 184 Å². The number of rotatable bonds is 7. The predicted molar refractivity (Wildman–Crippen MR) is 121 cm³/mol. The molecule has 2 fully saturated rings. The second-order valence-corrected chi connectivity index (χ2v) is 7.84. The molecule has 2 aromatic rings. The lowest BCUT2D eigenvalue weighted by Crippen LogP contribution is -2.53. The van der Waals surface area contributed by atoms with Crippen LogP contribution in [0.25, 0.3) is 0 Å². The third kappa shape index (κ3) is 4.94. The van der Waals surface area contributed by atoms with Crippen LogP contribution in [0.5, 0.6) is 11.5 Å². The lowest BCUT2D eigenvalue weighted by Gasteiger charge is -2.37. The van der Waals surface area contributed by atoms with Crippen molar-refractivity contribution < 1.29 is 14.3 Å². The minimum atomic E-state index is -0.209. The van der Waals surface area contributed by atoms with Crippen LogP contribution in [0, 0.1) is 0 Å². The zero-order valence-electron chi connectivity index (χ0n) is 18.3. The van der Waals surface area contributed by atoms with Crippen molar-refractivity contribution >= 4 is 11.6 Å². The summed E-state index contributed by atoms with van der Waals surface area (Å²) in [6.45, 7) is 8.31. The van der Waals surface area contributed by atoms with Gasteiger partial charge in [-0.2, -0.15) is 0 Å². The summed E-state index contributed by atoms with van der Waals surface area (Å²) >= 11 is 0. The van der Waals surface area contributed by atoms with E-state index >= 15 is 0 Å². The highest BCUT2D eigenvalue weighted by molar-refractivity contribution is 5.82. The molecule has 0 aliphatic carbocycles. The van der Waals surface area contributed by atoms with E-state index < -0.39 is 0 Å². The highest BCUT2D eigenvalue weighted by Gasteiger charge is 2.34. The van der Waals surface area contributed by atoms with E-state index in [-0.39, 0.29) is 18.0 Å². The fourth-order valence-electron chi connectivity index (χ4n) is 4.28. The fraction of sp³-hybridized carbons (Fsp3) is 0.458. The van der Waals surface area contributed by atoms with Gasteiger partial charge in [0.25, 0.3) is 0 Å². The molecule has 0 radical (unpaired) electrons. The van der Waals surface area contributed by atoms with Gasteiger partial charge in [-0.15, -0.1) is 0 Å². The van der Waals surface area contributed by atoms with Gasteiger partial charge in [0, 0.05) is 32.2 Å². The molecule has 0 bridgehead atoms. The van der Waals surface area contributed by atoms with E-state index in [1.54, 1.807) is 0 Å². The Morgan fingerprint density at radius 2 is 1.65 bits per heavy atom. The molecule has 0 spiro atoms. The molecule has 2 atom stereocenters. The van der Waals surface area contributed by atoms with Crippen molar-refractivity contribution in [2.45, 2.75) is 32.4 Å². The number of nitrogens with one attached hydrogen (secondary N) is 2.